The molecule has 1 amide bonds. The lowest BCUT2D eigenvalue weighted by atomic mass is 10.1. The smallest absolute Gasteiger partial charge is 0.280 e. The molecule has 0 aliphatic carbocycles. The van der Waals surface area contributed by atoms with Crippen LogP contribution < -0.4 is 5.32 Å². The Labute approximate surface area is 163 Å². The lowest BCUT2D eigenvalue weighted by Gasteiger charge is -2.11. The molecule has 6 nitrogen and oxygen atoms in total. The van der Waals surface area contributed by atoms with Crippen LogP contribution in [0, 0.1) is 13.8 Å². The number of carbonyl (C=O) groups excluding carboxylic acids is 1. The first-order chi connectivity index (χ1) is 13.6. The maximum absolute atomic E-state index is 13.0. The zero-order valence-corrected chi connectivity index (χ0v) is 15.8. The first-order valence-corrected chi connectivity index (χ1v) is 9.11. The van der Waals surface area contributed by atoms with Crippen LogP contribution in [0.5, 0.6) is 0 Å². The summed E-state index contributed by atoms with van der Waals surface area (Å²) in [5.41, 5.74) is 4.33. The quantitative estimate of drug-likeness (QED) is 0.577. The fourth-order valence-corrected chi connectivity index (χ4v) is 3.05. The van der Waals surface area contributed by atoms with Gasteiger partial charge in [-0.05, 0) is 43.2 Å². The Bertz CT molecular complexity index is 1090. The van der Waals surface area contributed by atoms with Crippen LogP contribution in [-0.4, -0.2) is 25.5 Å². The maximum atomic E-state index is 13.0. The van der Waals surface area contributed by atoms with Gasteiger partial charge in [0.15, 0.2) is 11.5 Å². The standard InChI is InChI=1S/C22H21N5O/c1-16-9-11-18(12-10-16)15-27-22(26-13-5-6-14-26)20(24-25-27)21(28)23-19-8-4-3-7-17(19)2/h3-14H,15H2,1-2H3,(H,23,28). The molecule has 0 bridgehead atoms. The van der Waals surface area contributed by atoms with Crippen molar-refractivity contribution in [2.24, 2.45) is 0 Å². The molecule has 28 heavy (non-hydrogen) atoms. The SMILES string of the molecule is Cc1ccc(Cn2nnc(C(=O)Nc3ccccc3C)c2-n2cccc2)cc1. The summed E-state index contributed by atoms with van der Waals surface area (Å²) in [6.07, 6.45) is 3.77. The summed E-state index contributed by atoms with van der Waals surface area (Å²) >= 11 is 0. The van der Waals surface area contributed by atoms with Crippen LogP contribution in [0.4, 0.5) is 5.69 Å². The molecular weight excluding hydrogens is 350 g/mol. The normalized spacial score (nSPS) is 10.8. The Kier molecular flexibility index (Phi) is 4.76. The minimum Gasteiger partial charge on any atom is -0.320 e. The summed E-state index contributed by atoms with van der Waals surface area (Å²) in [5.74, 6) is 0.352. The molecule has 4 rings (SSSR count). The predicted octanol–water partition coefficient (Wildman–Crippen LogP) is 3.99. The largest absolute Gasteiger partial charge is 0.320 e. The van der Waals surface area contributed by atoms with E-state index >= 15 is 0 Å². The van der Waals surface area contributed by atoms with Gasteiger partial charge in [-0.25, -0.2) is 4.68 Å². The lowest BCUT2D eigenvalue weighted by Crippen LogP contribution is -2.17. The zero-order valence-electron chi connectivity index (χ0n) is 15.8. The van der Waals surface area contributed by atoms with Crippen LogP contribution in [0.1, 0.15) is 27.2 Å². The fraction of sp³-hybridized carbons (Fsp3) is 0.136. The van der Waals surface area contributed by atoms with E-state index in [2.05, 4.69) is 46.8 Å². The average Bonchev–Trinajstić information content (AvgIpc) is 3.35. The van der Waals surface area contributed by atoms with Crippen LogP contribution >= 0.6 is 0 Å². The number of rotatable bonds is 5. The van der Waals surface area contributed by atoms with Gasteiger partial charge in [0.25, 0.3) is 5.91 Å². The van der Waals surface area contributed by atoms with Gasteiger partial charge in [-0.1, -0.05) is 53.2 Å². The minimum absolute atomic E-state index is 0.284. The van der Waals surface area contributed by atoms with Crippen LogP contribution in [0.2, 0.25) is 0 Å². The second-order valence-corrected chi connectivity index (χ2v) is 6.76. The van der Waals surface area contributed by atoms with Crippen molar-refractivity contribution >= 4 is 11.6 Å². The van der Waals surface area contributed by atoms with Gasteiger partial charge in [0.2, 0.25) is 0 Å². The van der Waals surface area contributed by atoms with E-state index in [-0.39, 0.29) is 11.6 Å². The summed E-state index contributed by atoms with van der Waals surface area (Å²) in [6, 6.07) is 19.7. The molecule has 0 saturated heterocycles. The Morgan fingerprint density at radius 3 is 2.39 bits per heavy atom. The molecule has 1 N–H and O–H groups in total. The van der Waals surface area contributed by atoms with E-state index in [9.17, 15) is 4.79 Å². The van der Waals surface area contributed by atoms with E-state index in [1.807, 2.05) is 60.3 Å². The molecule has 0 unspecified atom stereocenters. The molecule has 2 aromatic carbocycles. The van der Waals surface area contributed by atoms with Crippen molar-refractivity contribution in [2.45, 2.75) is 20.4 Å². The summed E-state index contributed by atoms with van der Waals surface area (Å²) in [5, 5.41) is 11.4. The fourth-order valence-electron chi connectivity index (χ4n) is 3.05. The second-order valence-electron chi connectivity index (χ2n) is 6.76. The summed E-state index contributed by atoms with van der Waals surface area (Å²) < 4.78 is 3.61. The Morgan fingerprint density at radius 2 is 1.68 bits per heavy atom. The molecular formula is C22H21N5O. The zero-order chi connectivity index (χ0) is 19.5. The molecule has 0 atom stereocenters. The highest BCUT2D eigenvalue weighted by molar-refractivity contribution is 6.05. The number of anilines is 1. The van der Waals surface area contributed by atoms with E-state index < -0.39 is 0 Å². The Morgan fingerprint density at radius 1 is 0.964 bits per heavy atom. The predicted molar refractivity (Wildman–Crippen MR) is 109 cm³/mol. The van der Waals surface area contributed by atoms with Gasteiger partial charge in [0, 0.05) is 18.1 Å². The van der Waals surface area contributed by atoms with Crippen LogP contribution in [-0.2, 0) is 6.54 Å². The number of hydrogen-bond donors (Lipinski definition) is 1. The Balaban J connectivity index is 1.69. The third-order valence-electron chi connectivity index (χ3n) is 4.62. The lowest BCUT2D eigenvalue weighted by molar-refractivity contribution is 0.102. The minimum atomic E-state index is -0.284. The molecule has 0 fully saturated rings. The summed E-state index contributed by atoms with van der Waals surface area (Å²) in [4.78, 5) is 13.0. The third kappa shape index (κ3) is 3.57. The van der Waals surface area contributed by atoms with Gasteiger partial charge in [0.1, 0.15) is 0 Å². The van der Waals surface area contributed by atoms with E-state index in [4.69, 9.17) is 0 Å². The first kappa shape index (κ1) is 17.7. The summed E-state index contributed by atoms with van der Waals surface area (Å²) in [6.45, 7) is 4.54. The van der Waals surface area contributed by atoms with Crippen molar-refractivity contribution in [3.8, 4) is 5.82 Å². The van der Waals surface area contributed by atoms with Gasteiger partial charge >= 0.3 is 0 Å². The molecule has 0 spiro atoms. The van der Waals surface area contributed by atoms with Crippen molar-refractivity contribution in [3.63, 3.8) is 0 Å². The molecule has 0 aliphatic heterocycles. The molecule has 6 heteroatoms. The first-order valence-electron chi connectivity index (χ1n) is 9.11. The number of aryl methyl sites for hydroxylation is 2. The molecule has 2 aromatic heterocycles. The number of benzene rings is 2. The Hall–Kier alpha value is -3.67. The highest BCUT2D eigenvalue weighted by atomic mass is 16.2. The van der Waals surface area contributed by atoms with Gasteiger partial charge in [0.05, 0.1) is 6.54 Å². The molecule has 140 valence electrons. The van der Waals surface area contributed by atoms with Crippen molar-refractivity contribution in [1.29, 1.82) is 0 Å². The van der Waals surface area contributed by atoms with Crippen molar-refractivity contribution < 1.29 is 4.79 Å². The van der Waals surface area contributed by atoms with Gasteiger partial charge in [-0.15, -0.1) is 5.10 Å². The summed E-state index contributed by atoms with van der Waals surface area (Å²) in [7, 11) is 0. The molecule has 4 aromatic rings. The number of amides is 1. The number of nitrogens with one attached hydrogen (secondary N) is 1. The van der Waals surface area contributed by atoms with E-state index in [0.717, 1.165) is 16.8 Å². The number of hydrogen-bond acceptors (Lipinski definition) is 3. The maximum Gasteiger partial charge on any atom is 0.280 e. The number of para-hydroxylation sites is 1. The van der Waals surface area contributed by atoms with E-state index in [1.54, 1.807) is 4.68 Å². The highest BCUT2D eigenvalue weighted by Gasteiger charge is 2.21. The van der Waals surface area contributed by atoms with Gasteiger partial charge in [-0.3, -0.25) is 4.79 Å². The van der Waals surface area contributed by atoms with Crippen LogP contribution in [0.3, 0.4) is 0 Å². The highest BCUT2D eigenvalue weighted by Crippen LogP contribution is 2.19. The number of carbonyl (C=O) groups is 1. The van der Waals surface area contributed by atoms with Gasteiger partial charge < -0.3 is 9.88 Å². The van der Waals surface area contributed by atoms with Crippen LogP contribution in [0.25, 0.3) is 5.82 Å². The van der Waals surface area contributed by atoms with Crippen molar-refractivity contribution in [2.75, 3.05) is 5.32 Å². The van der Waals surface area contributed by atoms with Crippen molar-refractivity contribution in [1.82, 2.24) is 19.6 Å². The number of nitrogens with zero attached hydrogens (tertiary/aromatic N) is 4. The molecule has 2 heterocycles. The van der Waals surface area contributed by atoms with Crippen LogP contribution in [0.15, 0.2) is 73.1 Å². The molecule has 0 radical (unpaired) electrons. The van der Waals surface area contributed by atoms with Gasteiger partial charge in [-0.2, -0.15) is 0 Å². The average molecular weight is 371 g/mol. The second kappa shape index (κ2) is 7.52. The molecule has 0 aliphatic rings. The van der Waals surface area contributed by atoms with Crippen molar-refractivity contribution in [3.05, 3.63) is 95.4 Å². The third-order valence-corrected chi connectivity index (χ3v) is 4.62. The topological polar surface area (TPSA) is 64.7 Å². The van der Waals surface area contributed by atoms with E-state index in [0.29, 0.717) is 12.4 Å². The molecule has 0 saturated carbocycles. The monoisotopic (exact) mass is 371 g/mol. The number of aromatic nitrogens is 4. The van der Waals surface area contributed by atoms with E-state index in [1.165, 1.54) is 5.56 Å².